The largest absolute Gasteiger partial charge is 0.385 e. The van der Waals surface area contributed by atoms with Crippen LogP contribution in [0.25, 0.3) is 0 Å². The van der Waals surface area contributed by atoms with Crippen LogP contribution in [-0.4, -0.2) is 5.11 Å². The van der Waals surface area contributed by atoms with Crippen molar-refractivity contribution < 1.29 is 5.11 Å². The van der Waals surface area contributed by atoms with Gasteiger partial charge in [0.1, 0.15) is 0 Å². The fourth-order valence-corrected chi connectivity index (χ4v) is 2.47. The van der Waals surface area contributed by atoms with Gasteiger partial charge in [-0.2, -0.15) is 11.3 Å². The number of benzene rings is 1. The van der Waals surface area contributed by atoms with Crippen molar-refractivity contribution in [3.8, 4) is 0 Å². The third kappa shape index (κ3) is 2.71. The fourth-order valence-electron chi connectivity index (χ4n) is 1.76. The van der Waals surface area contributed by atoms with Crippen LogP contribution in [0.2, 0.25) is 0 Å². The van der Waals surface area contributed by atoms with E-state index in [9.17, 15) is 5.11 Å². The topological polar surface area (TPSA) is 20.2 Å². The first-order chi connectivity index (χ1) is 7.68. The van der Waals surface area contributed by atoms with Gasteiger partial charge in [0.2, 0.25) is 0 Å². The molecule has 2 heteroatoms. The number of thiophene rings is 1. The SMILES string of the molecule is CC(O)(CCc1ccsc1)c1ccccc1. The molecule has 0 radical (unpaired) electrons. The lowest BCUT2D eigenvalue weighted by molar-refractivity contribution is 0.0481. The molecule has 16 heavy (non-hydrogen) atoms. The van der Waals surface area contributed by atoms with E-state index in [4.69, 9.17) is 0 Å². The molecule has 1 nitrogen and oxygen atoms in total. The summed E-state index contributed by atoms with van der Waals surface area (Å²) in [6, 6.07) is 12.0. The Morgan fingerprint density at radius 3 is 2.56 bits per heavy atom. The monoisotopic (exact) mass is 232 g/mol. The smallest absolute Gasteiger partial charge is 0.0871 e. The Morgan fingerprint density at radius 1 is 1.19 bits per heavy atom. The maximum absolute atomic E-state index is 10.4. The predicted molar refractivity (Wildman–Crippen MR) is 68.7 cm³/mol. The van der Waals surface area contributed by atoms with Crippen LogP contribution in [0, 0.1) is 0 Å². The molecule has 0 bridgehead atoms. The van der Waals surface area contributed by atoms with Crippen molar-refractivity contribution in [2.24, 2.45) is 0 Å². The summed E-state index contributed by atoms with van der Waals surface area (Å²) in [5.74, 6) is 0. The van der Waals surface area contributed by atoms with Crippen LogP contribution >= 0.6 is 11.3 Å². The van der Waals surface area contributed by atoms with Gasteiger partial charge in [0, 0.05) is 0 Å². The number of aryl methyl sites for hydroxylation is 1. The predicted octanol–water partition coefficient (Wildman–Crippen LogP) is 3.59. The van der Waals surface area contributed by atoms with Crippen molar-refractivity contribution in [2.75, 3.05) is 0 Å². The van der Waals surface area contributed by atoms with Crippen molar-refractivity contribution in [1.29, 1.82) is 0 Å². The molecule has 0 saturated carbocycles. The molecule has 0 spiro atoms. The van der Waals surface area contributed by atoms with Gasteiger partial charge < -0.3 is 5.11 Å². The molecule has 1 unspecified atom stereocenters. The summed E-state index contributed by atoms with van der Waals surface area (Å²) in [5.41, 5.74) is 1.56. The minimum absolute atomic E-state index is 0.733. The molecule has 0 saturated heterocycles. The fraction of sp³-hybridized carbons (Fsp3) is 0.286. The average molecular weight is 232 g/mol. The van der Waals surface area contributed by atoms with Gasteiger partial charge >= 0.3 is 0 Å². The first kappa shape index (κ1) is 11.4. The Hall–Kier alpha value is -1.12. The molecule has 84 valence electrons. The maximum atomic E-state index is 10.4. The second kappa shape index (κ2) is 4.81. The molecule has 0 fully saturated rings. The highest BCUT2D eigenvalue weighted by molar-refractivity contribution is 7.07. The molecule has 2 rings (SSSR count). The highest BCUT2D eigenvalue weighted by atomic mass is 32.1. The number of hydrogen-bond acceptors (Lipinski definition) is 2. The molecule has 0 aliphatic carbocycles. The quantitative estimate of drug-likeness (QED) is 0.854. The summed E-state index contributed by atoms with van der Waals surface area (Å²) >= 11 is 1.70. The molecule has 1 N–H and O–H groups in total. The summed E-state index contributed by atoms with van der Waals surface area (Å²) in [6.45, 7) is 1.88. The van der Waals surface area contributed by atoms with E-state index in [0.717, 1.165) is 18.4 Å². The second-order valence-corrected chi connectivity index (χ2v) is 5.05. The Morgan fingerprint density at radius 2 is 1.94 bits per heavy atom. The Labute approximate surface area is 100 Å². The van der Waals surface area contributed by atoms with Crippen LogP contribution in [0.1, 0.15) is 24.5 Å². The Balaban J connectivity index is 2.03. The standard InChI is InChI=1S/C14H16OS/c1-14(15,13-5-3-2-4-6-13)9-7-12-8-10-16-11-12/h2-6,8,10-11,15H,7,9H2,1H3. The number of aliphatic hydroxyl groups is 1. The lowest BCUT2D eigenvalue weighted by Gasteiger charge is -2.23. The van der Waals surface area contributed by atoms with Crippen molar-refractivity contribution in [1.82, 2.24) is 0 Å². The number of hydrogen-bond donors (Lipinski definition) is 1. The molecular formula is C14H16OS. The third-order valence-electron chi connectivity index (χ3n) is 2.88. The lowest BCUT2D eigenvalue weighted by Crippen LogP contribution is -2.21. The van der Waals surface area contributed by atoms with Crippen LogP contribution in [0.5, 0.6) is 0 Å². The molecule has 1 atom stereocenters. The van der Waals surface area contributed by atoms with Gasteiger partial charge in [0.05, 0.1) is 5.60 Å². The summed E-state index contributed by atoms with van der Waals surface area (Å²) in [5, 5.41) is 14.6. The molecule has 1 aromatic carbocycles. The van der Waals surface area contributed by atoms with Gasteiger partial charge in [0.15, 0.2) is 0 Å². The van der Waals surface area contributed by atoms with Crippen LogP contribution in [0.3, 0.4) is 0 Å². The zero-order valence-corrected chi connectivity index (χ0v) is 10.2. The molecule has 0 aliphatic heterocycles. The van der Waals surface area contributed by atoms with Gasteiger partial charge in [-0.1, -0.05) is 30.3 Å². The van der Waals surface area contributed by atoms with Gasteiger partial charge in [-0.05, 0) is 47.7 Å². The summed E-state index contributed by atoms with van der Waals surface area (Å²) in [6.07, 6.45) is 1.68. The van der Waals surface area contributed by atoms with E-state index in [-0.39, 0.29) is 0 Å². The Kier molecular flexibility index (Phi) is 3.42. The van der Waals surface area contributed by atoms with Crippen molar-refractivity contribution in [2.45, 2.75) is 25.4 Å². The summed E-state index contributed by atoms with van der Waals surface area (Å²) < 4.78 is 0. The van der Waals surface area contributed by atoms with Gasteiger partial charge in [-0.25, -0.2) is 0 Å². The van der Waals surface area contributed by atoms with E-state index in [1.54, 1.807) is 11.3 Å². The summed E-state index contributed by atoms with van der Waals surface area (Å²) in [4.78, 5) is 0. The molecule has 0 aliphatic rings. The molecule has 2 aromatic rings. The van der Waals surface area contributed by atoms with E-state index in [1.165, 1.54) is 5.56 Å². The van der Waals surface area contributed by atoms with E-state index in [2.05, 4.69) is 16.8 Å². The van der Waals surface area contributed by atoms with Gasteiger partial charge in [0.25, 0.3) is 0 Å². The van der Waals surface area contributed by atoms with E-state index >= 15 is 0 Å². The third-order valence-corrected chi connectivity index (χ3v) is 3.61. The minimum atomic E-state index is -0.733. The molecular weight excluding hydrogens is 216 g/mol. The molecule has 1 heterocycles. The maximum Gasteiger partial charge on any atom is 0.0871 e. The lowest BCUT2D eigenvalue weighted by atomic mass is 9.90. The van der Waals surface area contributed by atoms with Crippen LogP contribution < -0.4 is 0 Å². The highest BCUT2D eigenvalue weighted by Crippen LogP contribution is 2.26. The van der Waals surface area contributed by atoms with Crippen LogP contribution in [0.4, 0.5) is 0 Å². The Bertz CT molecular complexity index is 417. The molecule has 0 amide bonds. The summed E-state index contributed by atoms with van der Waals surface area (Å²) in [7, 11) is 0. The normalized spacial score (nSPS) is 14.6. The average Bonchev–Trinajstić information content (AvgIpc) is 2.81. The highest BCUT2D eigenvalue weighted by Gasteiger charge is 2.22. The zero-order valence-electron chi connectivity index (χ0n) is 9.39. The molecule has 1 aromatic heterocycles. The van der Waals surface area contributed by atoms with Crippen LogP contribution in [-0.2, 0) is 12.0 Å². The number of rotatable bonds is 4. The van der Waals surface area contributed by atoms with Crippen molar-refractivity contribution in [3.05, 3.63) is 58.3 Å². The van der Waals surface area contributed by atoms with Crippen molar-refractivity contribution in [3.63, 3.8) is 0 Å². The first-order valence-corrected chi connectivity index (χ1v) is 6.42. The van der Waals surface area contributed by atoms with E-state index < -0.39 is 5.60 Å². The minimum Gasteiger partial charge on any atom is -0.385 e. The van der Waals surface area contributed by atoms with Crippen molar-refractivity contribution >= 4 is 11.3 Å². The first-order valence-electron chi connectivity index (χ1n) is 5.47. The van der Waals surface area contributed by atoms with Gasteiger partial charge in [-0.3, -0.25) is 0 Å². The zero-order chi connectivity index (χ0) is 11.4. The second-order valence-electron chi connectivity index (χ2n) is 4.27. The van der Waals surface area contributed by atoms with E-state index in [0.29, 0.717) is 0 Å². The van der Waals surface area contributed by atoms with E-state index in [1.807, 2.05) is 37.3 Å². The van der Waals surface area contributed by atoms with Crippen LogP contribution in [0.15, 0.2) is 47.2 Å². The van der Waals surface area contributed by atoms with Gasteiger partial charge in [-0.15, -0.1) is 0 Å².